The summed E-state index contributed by atoms with van der Waals surface area (Å²) in [7, 11) is 0. The third-order valence-electron chi connectivity index (χ3n) is 3.55. The lowest BCUT2D eigenvalue weighted by atomic mass is 10.1. The molecule has 0 unspecified atom stereocenters. The summed E-state index contributed by atoms with van der Waals surface area (Å²) >= 11 is 1.64. The van der Waals surface area contributed by atoms with Gasteiger partial charge in [0.1, 0.15) is 10.8 Å². The molecule has 1 aliphatic rings. The number of carboxylic acid groups (broad SMARTS) is 1. The molecule has 0 saturated carbocycles. The van der Waals surface area contributed by atoms with E-state index in [9.17, 15) is 13.2 Å². The van der Waals surface area contributed by atoms with E-state index < -0.39 is 12.1 Å². The Morgan fingerprint density at radius 2 is 1.88 bits per heavy atom. The van der Waals surface area contributed by atoms with E-state index >= 15 is 0 Å². The standard InChI is InChI=1S/C14H18N4S.C2HF3O2/c1-10-8-18(9-11(2)17-10)13-4-3-12(7-16-13)14-15-5-6-19-14;3-2(4,5)1(6)7/h3-7,10-11,17H,8-9H2,1-2H3;(H,6,7)/t10-,11+;. The fourth-order valence-corrected chi connectivity index (χ4v) is 3.21. The second kappa shape index (κ2) is 8.45. The largest absolute Gasteiger partial charge is 0.490 e. The van der Waals surface area contributed by atoms with Gasteiger partial charge in [0.25, 0.3) is 0 Å². The highest BCUT2D eigenvalue weighted by atomic mass is 32.1. The second-order valence-electron chi connectivity index (χ2n) is 5.92. The average molecular weight is 388 g/mol. The van der Waals surface area contributed by atoms with Gasteiger partial charge < -0.3 is 15.3 Å². The number of hydrogen-bond acceptors (Lipinski definition) is 6. The van der Waals surface area contributed by atoms with Crippen LogP contribution in [0.25, 0.3) is 10.6 Å². The van der Waals surface area contributed by atoms with E-state index in [0.717, 1.165) is 29.5 Å². The summed E-state index contributed by atoms with van der Waals surface area (Å²) in [5.41, 5.74) is 1.09. The van der Waals surface area contributed by atoms with Gasteiger partial charge in [-0.25, -0.2) is 14.8 Å². The lowest BCUT2D eigenvalue weighted by molar-refractivity contribution is -0.192. The first-order valence-electron chi connectivity index (χ1n) is 7.84. The number of piperazine rings is 1. The lowest BCUT2D eigenvalue weighted by Crippen LogP contribution is -2.54. The minimum absolute atomic E-state index is 0.504. The molecular formula is C16H19F3N4O2S. The van der Waals surface area contributed by atoms with Gasteiger partial charge in [0.2, 0.25) is 0 Å². The van der Waals surface area contributed by atoms with E-state index in [1.165, 1.54) is 0 Å². The quantitative estimate of drug-likeness (QED) is 0.824. The van der Waals surface area contributed by atoms with Crippen LogP contribution in [-0.4, -0.2) is 52.4 Å². The van der Waals surface area contributed by atoms with Gasteiger partial charge in [-0.15, -0.1) is 11.3 Å². The van der Waals surface area contributed by atoms with Crippen LogP contribution in [0.5, 0.6) is 0 Å². The molecule has 142 valence electrons. The maximum absolute atomic E-state index is 10.6. The molecule has 0 bridgehead atoms. The highest BCUT2D eigenvalue weighted by molar-refractivity contribution is 7.13. The number of anilines is 1. The Hall–Kier alpha value is -2.20. The highest BCUT2D eigenvalue weighted by Crippen LogP contribution is 2.23. The Balaban J connectivity index is 0.000000298. The number of carbonyl (C=O) groups is 1. The van der Waals surface area contributed by atoms with Crippen LogP contribution in [0, 0.1) is 0 Å². The minimum atomic E-state index is -5.08. The molecule has 10 heteroatoms. The molecule has 2 atom stereocenters. The van der Waals surface area contributed by atoms with Crippen molar-refractivity contribution in [1.29, 1.82) is 0 Å². The summed E-state index contributed by atoms with van der Waals surface area (Å²) in [6, 6.07) is 5.22. The van der Waals surface area contributed by atoms with Gasteiger partial charge in [-0.05, 0) is 26.0 Å². The number of thiazole rings is 1. The summed E-state index contributed by atoms with van der Waals surface area (Å²) < 4.78 is 31.7. The van der Waals surface area contributed by atoms with Crippen molar-refractivity contribution in [3.05, 3.63) is 29.9 Å². The molecule has 0 aliphatic carbocycles. The maximum atomic E-state index is 10.6. The zero-order valence-corrected chi connectivity index (χ0v) is 15.0. The fraction of sp³-hybridized carbons (Fsp3) is 0.438. The number of nitrogens with zero attached hydrogens (tertiary/aromatic N) is 3. The molecule has 2 aromatic heterocycles. The SMILES string of the molecule is C[C@@H]1CN(c2ccc(-c3nccs3)cn2)C[C@H](C)N1.O=C(O)C(F)(F)F. The minimum Gasteiger partial charge on any atom is -0.475 e. The van der Waals surface area contributed by atoms with E-state index in [1.807, 2.05) is 17.8 Å². The summed E-state index contributed by atoms with van der Waals surface area (Å²) in [5.74, 6) is -1.70. The Bertz CT molecular complexity index is 697. The van der Waals surface area contributed by atoms with E-state index in [1.54, 1.807) is 11.3 Å². The van der Waals surface area contributed by atoms with Gasteiger partial charge in [0, 0.05) is 48.5 Å². The molecule has 6 nitrogen and oxygen atoms in total. The van der Waals surface area contributed by atoms with Crippen molar-refractivity contribution < 1.29 is 23.1 Å². The van der Waals surface area contributed by atoms with Crippen LogP contribution in [0.4, 0.5) is 19.0 Å². The molecule has 1 aliphatic heterocycles. The zero-order chi connectivity index (χ0) is 19.3. The molecule has 3 heterocycles. The number of halogens is 3. The molecule has 0 radical (unpaired) electrons. The van der Waals surface area contributed by atoms with Gasteiger partial charge in [-0.1, -0.05) is 0 Å². The molecule has 26 heavy (non-hydrogen) atoms. The van der Waals surface area contributed by atoms with Gasteiger partial charge in [-0.2, -0.15) is 13.2 Å². The summed E-state index contributed by atoms with van der Waals surface area (Å²) in [5, 5.41) is 13.7. The van der Waals surface area contributed by atoms with Crippen molar-refractivity contribution in [2.24, 2.45) is 0 Å². The first kappa shape index (κ1) is 20.1. The molecular weight excluding hydrogens is 369 g/mol. The van der Waals surface area contributed by atoms with Crippen LogP contribution >= 0.6 is 11.3 Å². The fourth-order valence-electron chi connectivity index (χ4n) is 2.58. The topological polar surface area (TPSA) is 78.4 Å². The van der Waals surface area contributed by atoms with Crippen LogP contribution in [0.3, 0.4) is 0 Å². The number of hydrogen-bond donors (Lipinski definition) is 2. The summed E-state index contributed by atoms with van der Waals surface area (Å²) in [6.45, 7) is 6.45. The van der Waals surface area contributed by atoms with Crippen molar-refractivity contribution in [3.8, 4) is 10.6 Å². The number of aliphatic carboxylic acids is 1. The van der Waals surface area contributed by atoms with Gasteiger partial charge in [-0.3, -0.25) is 0 Å². The first-order valence-corrected chi connectivity index (χ1v) is 8.72. The second-order valence-corrected chi connectivity index (χ2v) is 6.81. The van der Waals surface area contributed by atoms with Crippen LogP contribution in [0.1, 0.15) is 13.8 Å². The number of carboxylic acids is 1. The maximum Gasteiger partial charge on any atom is 0.490 e. The van der Waals surface area contributed by atoms with Crippen molar-refractivity contribution in [2.75, 3.05) is 18.0 Å². The molecule has 2 aromatic rings. The number of pyridine rings is 1. The van der Waals surface area contributed by atoms with Crippen LogP contribution in [-0.2, 0) is 4.79 Å². The molecule has 1 saturated heterocycles. The molecule has 0 amide bonds. The number of nitrogens with one attached hydrogen (secondary N) is 1. The van der Waals surface area contributed by atoms with Crippen LogP contribution in [0.15, 0.2) is 29.9 Å². The number of rotatable bonds is 2. The molecule has 3 rings (SSSR count). The van der Waals surface area contributed by atoms with Crippen LogP contribution < -0.4 is 10.2 Å². The Morgan fingerprint density at radius 1 is 1.27 bits per heavy atom. The lowest BCUT2D eigenvalue weighted by Gasteiger charge is -2.36. The Morgan fingerprint density at radius 3 is 2.31 bits per heavy atom. The summed E-state index contributed by atoms with van der Waals surface area (Å²) in [6.07, 6.45) is -1.33. The molecule has 2 N–H and O–H groups in total. The van der Waals surface area contributed by atoms with Gasteiger partial charge >= 0.3 is 12.1 Å². The predicted molar refractivity (Wildman–Crippen MR) is 93.3 cm³/mol. The average Bonchev–Trinajstić information content (AvgIpc) is 3.08. The van der Waals surface area contributed by atoms with Crippen molar-refractivity contribution in [2.45, 2.75) is 32.1 Å². The van der Waals surface area contributed by atoms with E-state index in [-0.39, 0.29) is 0 Å². The van der Waals surface area contributed by atoms with Crippen LogP contribution in [0.2, 0.25) is 0 Å². The molecule has 1 fully saturated rings. The van der Waals surface area contributed by atoms with Crippen molar-refractivity contribution in [3.63, 3.8) is 0 Å². The smallest absolute Gasteiger partial charge is 0.475 e. The summed E-state index contributed by atoms with van der Waals surface area (Å²) in [4.78, 5) is 20.1. The van der Waals surface area contributed by atoms with Gasteiger partial charge in [0.15, 0.2) is 0 Å². The zero-order valence-electron chi connectivity index (χ0n) is 14.2. The van der Waals surface area contributed by atoms with E-state index in [2.05, 4.69) is 46.2 Å². The third kappa shape index (κ3) is 5.67. The highest BCUT2D eigenvalue weighted by Gasteiger charge is 2.38. The van der Waals surface area contributed by atoms with Crippen molar-refractivity contribution >= 4 is 23.1 Å². The Labute approximate surface area is 152 Å². The predicted octanol–water partition coefficient (Wildman–Crippen LogP) is 3.03. The van der Waals surface area contributed by atoms with E-state index in [4.69, 9.17) is 9.90 Å². The number of alkyl halides is 3. The Kier molecular flexibility index (Phi) is 6.54. The molecule has 0 aromatic carbocycles. The van der Waals surface area contributed by atoms with E-state index in [0.29, 0.717) is 12.1 Å². The normalized spacial score (nSPS) is 20.3. The van der Waals surface area contributed by atoms with Gasteiger partial charge in [0.05, 0.1) is 0 Å². The number of aromatic nitrogens is 2. The monoisotopic (exact) mass is 388 g/mol. The molecule has 0 spiro atoms. The third-order valence-corrected chi connectivity index (χ3v) is 4.37. The van der Waals surface area contributed by atoms with Crippen molar-refractivity contribution in [1.82, 2.24) is 15.3 Å². The first-order chi connectivity index (χ1) is 12.2.